The second-order valence-electron chi connectivity index (χ2n) is 7.46. The van der Waals surface area contributed by atoms with Crippen LogP contribution in [0.15, 0.2) is 59.2 Å². The number of rotatable bonds is 3. The maximum Gasteiger partial charge on any atom is 0.410 e. The molecule has 2 aromatic carbocycles. The van der Waals surface area contributed by atoms with Crippen molar-refractivity contribution in [2.45, 2.75) is 44.4 Å². The Bertz CT molecular complexity index is 1030. The molecule has 0 aliphatic carbocycles. The Kier molecular flexibility index (Phi) is 4.31. The lowest BCUT2D eigenvalue weighted by molar-refractivity contribution is 0.0510. The summed E-state index contributed by atoms with van der Waals surface area (Å²) in [5, 5.41) is 7.81. The van der Waals surface area contributed by atoms with E-state index in [1.54, 1.807) is 0 Å². The first-order valence-electron chi connectivity index (χ1n) is 9.70. The summed E-state index contributed by atoms with van der Waals surface area (Å²) in [7, 11) is 0. The number of amides is 1. The molecular weight excluding hydrogens is 354 g/mol. The lowest BCUT2D eigenvalue weighted by atomic mass is 9.83. The molecule has 6 heteroatoms. The summed E-state index contributed by atoms with van der Waals surface area (Å²) in [5.41, 5.74) is 4.90. The van der Waals surface area contributed by atoms with Gasteiger partial charge in [0.25, 0.3) is 0 Å². The minimum atomic E-state index is -0.218. The van der Waals surface area contributed by atoms with E-state index in [4.69, 9.17) is 9.37 Å². The highest BCUT2D eigenvalue weighted by atomic mass is 16.6. The Hall–Kier alpha value is -3.15. The van der Waals surface area contributed by atoms with Crippen molar-refractivity contribution in [3.8, 4) is 0 Å². The number of hydrogen-bond acceptors (Lipinski definition) is 5. The minimum absolute atomic E-state index is 0.0805. The summed E-state index contributed by atoms with van der Waals surface area (Å²) in [4.78, 5) is 14.7. The van der Waals surface area contributed by atoms with Gasteiger partial charge in [-0.05, 0) is 64.8 Å². The molecule has 3 heterocycles. The van der Waals surface area contributed by atoms with Gasteiger partial charge < -0.3 is 4.74 Å². The lowest BCUT2D eigenvalue weighted by Gasteiger charge is -2.44. The van der Waals surface area contributed by atoms with Crippen molar-refractivity contribution in [1.82, 2.24) is 15.2 Å². The third-order valence-corrected chi connectivity index (χ3v) is 5.68. The fourth-order valence-electron chi connectivity index (χ4n) is 4.30. The molecule has 0 radical (unpaired) electrons. The van der Waals surface area contributed by atoms with Gasteiger partial charge in [-0.2, -0.15) is 0 Å². The summed E-state index contributed by atoms with van der Waals surface area (Å²) in [6.45, 7) is 0.308. The number of nitrogens with zero attached hydrogens (tertiary/aromatic N) is 3. The summed E-state index contributed by atoms with van der Waals surface area (Å²) in [5.74, 6) is 0. The SMILES string of the molecule is O=C(OCc1ccccc1)N1C2C=C(c3ccc4nonc4c3)CC1CCC2. The highest BCUT2D eigenvalue weighted by Gasteiger charge is 2.38. The number of hydrogen-bond donors (Lipinski definition) is 0. The zero-order valence-corrected chi connectivity index (χ0v) is 15.5. The molecule has 2 aliphatic rings. The molecule has 0 N–H and O–H groups in total. The molecule has 3 aromatic rings. The van der Waals surface area contributed by atoms with Crippen LogP contribution in [0.2, 0.25) is 0 Å². The minimum Gasteiger partial charge on any atom is -0.445 e. The zero-order valence-electron chi connectivity index (χ0n) is 15.5. The molecule has 2 bridgehead atoms. The Labute approximate surface area is 162 Å². The summed E-state index contributed by atoms with van der Waals surface area (Å²) in [6, 6.07) is 16.1. The molecular formula is C22H21N3O3. The van der Waals surface area contributed by atoms with Crippen molar-refractivity contribution in [3.63, 3.8) is 0 Å². The lowest BCUT2D eigenvalue weighted by Crippen LogP contribution is -2.51. The number of carbonyl (C=O) groups excluding carboxylic acids is 1. The fraction of sp³-hybridized carbons (Fsp3) is 0.318. The molecule has 1 amide bonds. The van der Waals surface area contributed by atoms with E-state index in [0.717, 1.165) is 47.8 Å². The number of piperidine rings is 1. The standard InChI is InChI=1S/C22H21N3O3/c26-22(27-14-15-5-2-1-3-6-15)25-18-7-4-8-19(25)12-17(11-18)16-9-10-20-21(13-16)24-28-23-20/h1-3,5-6,9-11,13,18-19H,4,7-8,12,14H2. The molecule has 2 aliphatic heterocycles. The van der Waals surface area contributed by atoms with Gasteiger partial charge in [0, 0.05) is 6.04 Å². The van der Waals surface area contributed by atoms with Crippen LogP contribution in [0.5, 0.6) is 0 Å². The first-order chi connectivity index (χ1) is 13.8. The van der Waals surface area contributed by atoms with Crippen LogP contribution in [0.25, 0.3) is 16.6 Å². The molecule has 5 rings (SSSR count). The van der Waals surface area contributed by atoms with Crippen LogP contribution in [0.1, 0.15) is 36.8 Å². The molecule has 142 valence electrons. The van der Waals surface area contributed by atoms with Crippen molar-refractivity contribution in [1.29, 1.82) is 0 Å². The average Bonchev–Trinajstić information content (AvgIpc) is 3.19. The fourth-order valence-corrected chi connectivity index (χ4v) is 4.30. The molecule has 1 aromatic heterocycles. The van der Waals surface area contributed by atoms with Gasteiger partial charge in [-0.3, -0.25) is 4.90 Å². The molecule has 2 atom stereocenters. The van der Waals surface area contributed by atoms with Gasteiger partial charge >= 0.3 is 6.09 Å². The summed E-state index contributed by atoms with van der Waals surface area (Å²) in [6.07, 6.45) is 5.93. The monoisotopic (exact) mass is 375 g/mol. The Balaban J connectivity index is 1.36. The number of aromatic nitrogens is 2. The van der Waals surface area contributed by atoms with Gasteiger partial charge in [-0.25, -0.2) is 9.42 Å². The quantitative estimate of drug-likeness (QED) is 0.671. The van der Waals surface area contributed by atoms with E-state index in [-0.39, 0.29) is 18.2 Å². The van der Waals surface area contributed by atoms with E-state index >= 15 is 0 Å². The molecule has 0 saturated carbocycles. The molecule has 0 spiro atoms. The smallest absolute Gasteiger partial charge is 0.410 e. The second kappa shape index (κ2) is 7.11. The first-order valence-corrected chi connectivity index (χ1v) is 9.70. The second-order valence-corrected chi connectivity index (χ2v) is 7.46. The zero-order chi connectivity index (χ0) is 18.9. The van der Waals surface area contributed by atoms with Crippen molar-refractivity contribution >= 4 is 22.7 Å². The predicted molar refractivity (Wildman–Crippen MR) is 104 cm³/mol. The third-order valence-electron chi connectivity index (χ3n) is 5.68. The van der Waals surface area contributed by atoms with E-state index in [1.165, 1.54) is 5.57 Å². The third kappa shape index (κ3) is 3.15. The molecule has 2 unspecified atom stereocenters. The highest BCUT2D eigenvalue weighted by Crippen LogP contribution is 2.38. The van der Waals surface area contributed by atoms with E-state index < -0.39 is 0 Å². The van der Waals surface area contributed by atoms with Crippen molar-refractivity contribution in [2.24, 2.45) is 0 Å². The maximum absolute atomic E-state index is 12.8. The van der Waals surface area contributed by atoms with E-state index in [9.17, 15) is 4.79 Å². The number of carbonyl (C=O) groups is 1. The molecule has 28 heavy (non-hydrogen) atoms. The van der Waals surface area contributed by atoms with Gasteiger partial charge in [0.1, 0.15) is 17.6 Å². The van der Waals surface area contributed by atoms with Gasteiger partial charge in [0.2, 0.25) is 0 Å². The van der Waals surface area contributed by atoms with Crippen LogP contribution < -0.4 is 0 Å². The van der Waals surface area contributed by atoms with Gasteiger partial charge in [0.05, 0.1) is 6.04 Å². The van der Waals surface area contributed by atoms with Crippen LogP contribution >= 0.6 is 0 Å². The normalized spacial score (nSPS) is 21.4. The largest absolute Gasteiger partial charge is 0.445 e. The van der Waals surface area contributed by atoms with Gasteiger partial charge in [-0.1, -0.05) is 42.5 Å². The van der Waals surface area contributed by atoms with Crippen molar-refractivity contribution in [3.05, 3.63) is 65.7 Å². The van der Waals surface area contributed by atoms with Gasteiger partial charge in [-0.15, -0.1) is 0 Å². The number of fused-ring (bicyclic) bond motifs is 3. The summed E-state index contributed by atoms with van der Waals surface area (Å²) < 4.78 is 10.4. The van der Waals surface area contributed by atoms with E-state index in [2.05, 4.69) is 22.5 Å². The van der Waals surface area contributed by atoms with Crippen LogP contribution in [0.3, 0.4) is 0 Å². The number of ether oxygens (including phenoxy) is 1. The van der Waals surface area contributed by atoms with Crippen molar-refractivity contribution in [2.75, 3.05) is 0 Å². The van der Waals surface area contributed by atoms with Crippen LogP contribution in [0, 0.1) is 0 Å². The van der Waals surface area contributed by atoms with E-state index in [0.29, 0.717) is 6.61 Å². The maximum atomic E-state index is 12.8. The molecule has 6 nitrogen and oxygen atoms in total. The highest BCUT2D eigenvalue weighted by molar-refractivity contribution is 5.81. The first kappa shape index (κ1) is 17.0. The van der Waals surface area contributed by atoms with Gasteiger partial charge in [0.15, 0.2) is 0 Å². The Morgan fingerprint density at radius 1 is 1.11 bits per heavy atom. The Morgan fingerprint density at radius 2 is 1.96 bits per heavy atom. The van der Waals surface area contributed by atoms with Crippen LogP contribution in [-0.4, -0.2) is 33.4 Å². The number of benzene rings is 2. The predicted octanol–water partition coefficient (Wildman–Crippen LogP) is 4.57. The Morgan fingerprint density at radius 3 is 2.82 bits per heavy atom. The van der Waals surface area contributed by atoms with Crippen LogP contribution in [-0.2, 0) is 11.3 Å². The average molecular weight is 375 g/mol. The van der Waals surface area contributed by atoms with E-state index in [1.807, 2.05) is 47.4 Å². The molecule has 1 saturated heterocycles. The topological polar surface area (TPSA) is 68.5 Å². The van der Waals surface area contributed by atoms with Crippen LogP contribution in [0.4, 0.5) is 4.79 Å². The van der Waals surface area contributed by atoms with Crippen molar-refractivity contribution < 1.29 is 14.2 Å². The molecule has 1 fully saturated rings. The summed E-state index contributed by atoms with van der Waals surface area (Å²) >= 11 is 0.